The number of carbonyl (C=O) groups is 2. The Labute approximate surface area is 126 Å². The molecule has 6 N–H and O–H groups in total. The average molecular weight is 285 g/mol. The van der Waals surface area contributed by atoms with Crippen molar-refractivity contribution in [2.24, 2.45) is 11.5 Å². The first kappa shape index (κ1) is 22.4. The maximum Gasteiger partial charge on any atom is 2.00 e. The second-order valence-corrected chi connectivity index (χ2v) is 3.23. The molecule has 0 aliphatic heterocycles. The van der Waals surface area contributed by atoms with Crippen LogP contribution in [-0.2, 0) is 9.59 Å². The zero-order valence-corrected chi connectivity index (χ0v) is 12.2. The van der Waals surface area contributed by atoms with Crippen molar-refractivity contribution in [1.29, 1.82) is 10.8 Å². The average Bonchev–Trinajstić information content (AvgIpc) is 2.16. The van der Waals surface area contributed by atoms with Crippen LogP contribution < -0.4 is 21.7 Å². The molecule has 11 heteroatoms. The number of carbonyl (C=O) groups excluding carboxylic acids is 2. The van der Waals surface area contributed by atoms with Crippen LogP contribution in [0.4, 0.5) is 0 Å². The minimum atomic E-state index is -1.24. The molecule has 0 rings (SSSR count). The topological polar surface area (TPSA) is 186 Å². The van der Waals surface area contributed by atoms with Crippen LogP contribution in [0.2, 0.25) is 0 Å². The van der Waals surface area contributed by atoms with Gasteiger partial charge in [-0.25, -0.2) is 0 Å². The predicted molar refractivity (Wildman–Crippen MR) is 64.9 cm³/mol. The maximum absolute atomic E-state index is 9.81. The van der Waals surface area contributed by atoms with Crippen LogP contribution in [-0.4, -0.2) is 83.9 Å². The fraction of sp³-hybridized carbons (Fsp3) is 0.500. The molecule has 0 aromatic rings. The Balaban J connectivity index is -0.000000256. The van der Waals surface area contributed by atoms with Gasteiger partial charge in [0.15, 0.2) is 11.9 Å². The third-order valence-electron chi connectivity index (χ3n) is 1.56. The van der Waals surface area contributed by atoms with E-state index < -0.39 is 11.9 Å². The number of aliphatic carboxylic acids is 2. The fourth-order valence-corrected chi connectivity index (χ4v) is 0.558. The van der Waals surface area contributed by atoms with E-state index in [0.29, 0.717) is 0 Å². The molecule has 0 aliphatic carbocycles. The van der Waals surface area contributed by atoms with E-state index >= 15 is 0 Å². The molecule has 0 spiro atoms. The Kier molecular flexibility index (Phi) is 13.4. The molecular weight excluding hydrogens is 268 g/mol. The largest absolute Gasteiger partial charge is 2.00 e. The Morgan fingerprint density at radius 2 is 1.16 bits per heavy atom. The van der Waals surface area contributed by atoms with Crippen molar-refractivity contribution in [3.63, 3.8) is 0 Å². The smallest absolute Gasteiger partial charge is 0.548 e. The number of likely N-dealkylation sites (N-methyl/N-ethyl adjacent to an activating group) is 2. The number of nitrogens with one attached hydrogen (secondary N) is 2. The third kappa shape index (κ3) is 16.2. The van der Waals surface area contributed by atoms with Crippen molar-refractivity contribution < 1.29 is 19.8 Å². The van der Waals surface area contributed by atoms with Gasteiger partial charge in [0.25, 0.3) is 0 Å². The standard InChI is InChI=1S/2C4H9N3O2.Mg/c2*1-7(4(5)6)2-3(8)9;/h2*2H2,1H3,(H3,5,6)(H,8,9);/q;;+2/p-2. The molecule has 0 saturated heterocycles. The summed E-state index contributed by atoms with van der Waals surface area (Å²) in [7, 11) is 2.80. The van der Waals surface area contributed by atoms with Crippen LogP contribution in [0.25, 0.3) is 0 Å². The van der Waals surface area contributed by atoms with E-state index in [9.17, 15) is 19.8 Å². The van der Waals surface area contributed by atoms with Gasteiger partial charge in [-0.3, -0.25) is 10.8 Å². The van der Waals surface area contributed by atoms with Gasteiger partial charge in [0.05, 0.1) is 25.0 Å². The molecular formula is C8H16MgN6O4. The van der Waals surface area contributed by atoms with E-state index in [1.54, 1.807) is 0 Å². The second-order valence-electron chi connectivity index (χ2n) is 3.23. The normalized spacial score (nSPS) is 8.11. The summed E-state index contributed by atoms with van der Waals surface area (Å²) in [6.45, 7) is -0.676. The van der Waals surface area contributed by atoms with Gasteiger partial charge in [-0.1, -0.05) is 0 Å². The molecule has 0 amide bonds. The number of carboxylic acids is 2. The minimum Gasteiger partial charge on any atom is -0.548 e. The number of carboxylic acid groups (broad SMARTS) is 2. The van der Waals surface area contributed by atoms with Gasteiger partial charge in [-0.15, -0.1) is 0 Å². The molecule has 0 radical (unpaired) electrons. The van der Waals surface area contributed by atoms with E-state index in [4.69, 9.17) is 22.3 Å². The van der Waals surface area contributed by atoms with Crippen LogP contribution >= 0.6 is 0 Å². The van der Waals surface area contributed by atoms with Crippen molar-refractivity contribution >= 4 is 46.9 Å². The van der Waals surface area contributed by atoms with Crippen LogP contribution in [0, 0.1) is 10.8 Å². The van der Waals surface area contributed by atoms with Crippen LogP contribution in [0.3, 0.4) is 0 Å². The van der Waals surface area contributed by atoms with Crippen LogP contribution in [0.1, 0.15) is 0 Å². The van der Waals surface area contributed by atoms with Gasteiger partial charge in [0.1, 0.15) is 0 Å². The molecule has 0 bridgehead atoms. The summed E-state index contributed by atoms with van der Waals surface area (Å²) in [5, 5.41) is 33.0. The minimum absolute atomic E-state index is 0. The molecule has 0 saturated carbocycles. The SMILES string of the molecule is CN(CC(=O)[O-])C(=N)N.CN(CC(=O)[O-])C(=N)N.[Mg+2]. The zero-order valence-electron chi connectivity index (χ0n) is 10.8. The Morgan fingerprint density at radius 3 is 1.21 bits per heavy atom. The van der Waals surface area contributed by atoms with Crippen molar-refractivity contribution in [1.82, 2.24) is 9.80 Å². The monoisotopic (exact) mass is 284 g/mol. The summed E-state index contributed by atoms with van der Waals surface area (Å²) in [5.41, 5.74) is 9.80. The van der Waals surface area contributed by atoms with Crippen molar-refractivity contribution in [2.75, 3.05) is 27.2 Å². The summed E-state index contributed by atoms with van der Waals surface area (Å²) in [6.07, 6.45) is 0. The Hall–Kier alpha value is -1.75. The first-order valence-corrected chi connectivity index (χ1v) is 4.58. The summed E-state index contributed by atoms with van der Waals surface area (Å²) in [6, 6.07) is 0. The number of rotatable bonds is 4. The van der Waals surface area contributed by atoms with Gasteiger partial charge in [0.2, 0.25) is 0 Å². The summed E-state index contributed by atoms with van der Waals surface area (Å²) in [5.74, 6) is -3.04. The molecule has 0 aromatic carbocycles. The molecule has 19 heavy (non-hydrogen) atoms. The Morgan fingerprint density at radius 1 is 0.947 bits per heavy atom. The molecule has 0 atom stereocenters. The van der Waals surface area contributed by atoms with Crippen LogP contribution in [0.5, 0.6) is 0 Å². The van der Waals surface area contributed by atoms with Gasteiger partial charge in [-0.2, -0.15) is 0 Å². The van der Waals surface area contributed by atoms with Gasteiger partial charge in [0, 0.05) is 14.1 Å². The molecule has 0 fully saturated rings. The Bertz CT molecular complexity index is 305. The van der Waals surface area contributed by atoms with Crippen molar-refractivity contribution in [3.8, 4) is 0 Å². The quantitative estimate of drug-likeness (QED) is 0.224. The summed E-state index contributed by atoms with van der Waals surface area (Å²) < 4.78 is 0. The number of nitrogens with two attached hydrogens (primary N) is 2. The first-order chi connectivity index (χ1) is 8.07. The third-order valence-corrected chi connectivity index (χ3v) is 1.56. The van der Waals surface area contributed by atoms with E-state index in [1.807, 2.05) is 0 Å². The van der Waals surface area contributed by atoms with E-state index in [-0.39, 0.29) is 48.1 Å². The van der Waals surface area contributed by atoms with Gasteiger partial charge >= 0.3 is 23.1 Å². The number of nitrogens with zero attached hydrogens (tertiary/aromatic N) is 2. The second kappa shape index (κ2) is 11.3. The van der Waals surface area contributed by atoms with Gasteiger partial charge in [-0.05, 0) is 0 Å². The van der Waals surface area contributed by atoms with Gasteiger partial charge < -0.3 is 41.1 Å². The molecule has 0 aliphatic rings. The predicted octanol–water partition coefficient (Wildman–Crippen LogP) is -5.26. The first-order valence-electron chi connectivity index (χ1n) is 4.58. The van der Waals surface area contributed by atoms with Crippen LogP contribution in [0.15, 0.2) is 0 Å². The van der Waals surface area contributed by atoms with Crippen molar-refractivity contribution in [3.05, 3.63) is 0 Å². The number of hydrogen-bond acceptors (Lipinski definition) is 6. The van der Waals surface area contributed by atoms with E-state index in [1.165, 1.54) is 14.1 Å². The van der Waals surface area contributed by atoms with Crippen molar-refractivity contribution in [2.45, 2.75) is 0 Å². The number of guanidine groups is 2. The molecule has 104 valence electrons. The fourth-order valence-electron chi connectivity index (χ4n) is 0.558. The van der Waals surface area contributed by atoms with E-state index in [2.05, 4.69) is 0 Å². The maximum atomic E-state index is 9.81. The molecule has 10 nitrogen and oxygen atoms in total. The number of hydrogen-bond donors (Lipinski definition) is 4. The summed E-state index contributed by atoms with van der Waals surface area (Å²) >= 11 is 0. The summed E-state index contributed by atoms with van der Waals surface area (Å²) in [4.78, 5) is 21.7. The molecule has 0 heterocycles. The molecule has 0 aromatic heterocycles. The molecule has 0 unspecified atom stereocenters. The zero-order chi connectivity index (χ0) is 14.9. The van der Waals surface area contributed by atoms with E-state index in [0.717, 1.165) is 9.80 Å².